The molecule has 7 atom stereocenters. The first-order valence-corrected chi connectivity index (χ1v) is 10.1. The highest BCUT2D eigenvalue weighted by Crippen LogP contribution is 2.69. The number of alkyl halides is 1. The third kappa shape index (κ3) is 2.25. The SMILES string of the molecule is C[C@H]1C[C@H]2[C@@H]3CCC4=CC(=O)C=C[C@]4(C)[C@@]3(F)[C@@H](O)C[C@]2(C)/C1=C(\O)C(O)O. The molecule has 154 valence electrons. The van der Waals surface area contributed by atoms with Crippen LogP contribution in [0.2, 0.25) is 0 Å². The molecule has 0 bridgehead atoms. The first kappa shape index (κ1) is 19.8. The molecule has 4 aliphatic carbocycles. The van der Waals surface area contributed by atoms with Gasteiger partial charge in [-0.2, -0.15) is 0 Å². The monoisotopic (exact) mass is 392 g/mol. The van der Waals surface area contributed by atoms with Gasteiger partial charge in [0.1, 0.15) is 5.76 Å². The Morgan fingerprint density at radius 3 is 2.61 bits per heavy atom. The molecule has 0 amide bonds. The molecule has 0 saturated heterocycles. The van der Waals surface area contributed by atoms with E-state index in [0.29, 0.717) is 24.8 Å². The highest BCUT2D eigenvalue weighted by molar-refractivity contribution is 6.01. The average molecular weight is 392 g/mol. The van der Waals surface area contributed by atoms with Crippen LogP contribution in [0.5, 0.6) is 0 Å². The lowest BCUT2D eigenvalue weighted by atomic mass is 9.45. The van der Waals surface area contributed by atoms with Crippen LogP contribution < -0.4 is 0 Å². The zero-order chi connectivity index (χ0) is 20.6. The van der Waals surface area contributed by atoms with Gasteiger partial charge in [-0.05, 0) is 67.6 Å². The fourth-order valence-electron chi connectivity index (χ4n) is 7.05. The fourth-order valence-corrected chi connectivity index (χ4v) is 7.05. The van der Waals surface area contributed by atoms with Crippen LogP contribution in [0.25, 0.3) is 0 Å². The number of rotatable bonds is 1. The number of carbonyl (C=O) groups is 1. The zero-order valence-corrected chi connectivity index (χ0v) is 16.5. The molecule has 0 aromatic heterocycles. The van der Waals surface area contributed by atoms with E-state index in [1.54, 1.807) is 13.0 Å². The second kappa shape index (κ2) is 6.00. The molecular formula is C22H29FO5. The van der Waals surface area contributed by atoms with E-state index in [1.165, 1.54) is 12.2 Å². The molecule has 4 aliphatic rings. The van der Waals surface area contributed by atoms with Gasteiger partial charge < -0.3 is 20.4 Å². The summed E-state index contributed by atoms with van der Waals surface area (Å²) in [6.07, 6.45) is 3.05. The van der Waals surface area contributed by atoms with Crippen molar-refractivity contribution in [3.05, 3.63) is 35.1 Å². The minimum absolute atomic E-state index is 0.0891. The molecular weight excluding hydrogens is 363 g/mol. The maximum atomic E-state index is 16.8. The molecule has 0 aromatic carbocycles. The van der Waals surface area contributed by atoms with Crippen LogP contribution in [0.4, 0.5) is 4.39 Å². The number of fused-ring (bicyclic) bond motifs is 5. The van der Waals surface area contributed by atoms with Gasteiger partial charge in [0.05, 0.1) is 6.10 Å². The fraction of sp³-hybridized carbons (Fsp3) is 0.682. The Labute approximate surface area is 164 Å². The van der Waals surface area contributed by atoms with Crippen LogP contribution in [0.3, 0.4) is 0 Å². The Hall–Kier alpha value is -1.50. The maximum Gasteiger partial charge on any atom is 0.211 e. The number of aliphatic hydroxyl groups is 4. The normalized spacial score (nSPS) is 49.4. The van der Waals surface area contributed by atoms with Gasteiger partial charge in [-0.3, -0.25) is 4.79 Å². The van der Waals surface area contributed by atoms with Gasteiger partial charge in [0, 0.05) is 11.3 Å². The predicted molar refractivity (Wildman–Crippen MR) is 101 cm³/mol. The van der Waals surface area contributed by atoms with E-state index in [1.807, 2.05) is 13.8 Å². The lowest BCUT2D eigenvalue weighted by molar-refractivity contribution is -0.184. The van der Waals surface area contributed by atoms with E-state index >= 15 is 4.39 Å². The minimum atomic E-state index is -1.98. The van der Waals surface area contributed by atoms with Gasteiger partial charge in [-0.1, -0.05) is 25.5 Å². The second-order valence-electron chi connectivity index (χ2n) is 9.57. The summed E-state index contributed by atoms with van der Waals surface area (Å²) < 4.78 is 16.8. The first-order chi connectivity index (χ1) is 13.0. The van der Waals surface area contributed by atoms with Gasteiger partial charge in [0.25, 0.3) is 0 Å². The Kier molecular flexibility index (Phi) is 4.24. The lowest BCUT2D eigenvalue weighted by Crippen LogP contribution is -2.66. The summed E-state index contributed by atoms with van der Waals surface area (Å²) in [6, 6.07) is 0. The van der Waals surface area contributed by atoms with E-state index < -0.39 is 40.6 Å². The third-order valence-corrected chi connectivity index (χ3v) is 8.27. The number of ketones is 1. The van der Waals surface area contributed by atoms with Crippen molar-refractivity contribution in [2.24, 2.45) is 28.6 Å². The zero-order valence-electron chi connectivity index (χ0n) is 16.5. The minimum Gasteiger partial charge on any atom is -0.507 e. The summed E-state index contributed by atoms with van der Waals surface area (Å²) in [4.78, 5) is 11.8. The van der Waals surface area contributed by atoms with Crippen molar-refractivity contribution in [2.45, 2.75) is 64.5 Å². The molecule has 6 heteroatoms. The molecule has 0 unspecified atom stereocenters. The van der Waals surface area contributed by atoms with Crippen LogP contribution in [-0.2, 0) is 4.79 Å². The van der Waals surface area contributed by atoms with Crippen LogP contribution in [0, 0.1) is 28.6 Å². The van der Waals surface area contributed by atoms with Crippen molar-refractivity contribution < 1.29 is 29.6 Å². The molecule has 0 aliphatic heterocycles. The second-order valence-corrected chi connectivity index (χ2v) is 9.57. The Morgan fingerprint density at radius 2 is 1.96 bits per heavy atom. The van der Waals surface area contributed by atoms with E-state index in [0.717, 1.165) is 5.57 Å². The molecule has 0 aromatic rings. The number of hydrogen-bond acceptors (Lipinski definition) is 5. The molecule has 3 saturated carbocycles. The molecule has 3 fully saturated rings. The van der Waals surface area contributed by atoms with Crippen molar-refractivity contribution in [3.8, 4) is 0 Å². The Balaban J connectivity index is 1.84. The van der Waals surface area contributed by atoms with Crippen LogP contribution in [0.15, 0.2) is 35.1 Å². The highest BCUT2D eigenvalue weighted by Gasteiger charge is 2.70. The summed E-state index contributed by atoms with van der Waals surface area (Å²) >= 11 is 0. The lowest BCUT2D eigenvalue weighted by Gasteiger charge is -2.61. The summed E-state index contributed by atoms with van der Waals surface area (Å²) in [5.41, 5.74) is -2.41. The standard InChI is InChI=1S/C22H29FO5/c1-11-8-15-14-5-4-12-9-13(24)6-7-21(12,3)22(14,23)16(25)10-20(15,2)17(11)18(26)19(27)28/h6-7,9,11,14-16,19,25-28H,4-5,8,10H2,1-3H3/b18-17-/t11-,14-,15-,16-,20-,21-,22-/m0/s1. The molecule has 28 heavy (non-hydrogen) atoms. The predicted octanol–water partition coefficient (Wildman–Crippen LogP) is 2.73. The number of aliphatic hydroxyl groups excluding tert-OH is 3. The van der Waals surface area contributed by atoms with Crippen molar-refractivity contribution in [2.75, 3.05) is 0 Å². The van der Waals surface area contributed by atoms with Crippen LogP contribution in [-0.4, -0.2) is 44.3 Å². The number of halogens is 1. The van der Waals surface area contributed by atoms with Gasteiger partial charge in [-0.15, -0.1) is 0 Å². The highest BCUT2D eigenvalue weighted by atomic mass is 19.1. The van der Waals surface area contributed by atoms with E-state index in [4.69, 9.17) is 0 Å². The largest absolute Gasteiger partial charge is 0.507 e. The van der Waals surface area contributed by atoms with Crippen molar-refractivity contribution in [3.63, 3.8) is 0 Å². The molecule has 4 N–H and O–H groups in total. The molecule has 4 rings (SSSR count). The van der Waals surface area contributed by atoms with Crippen molar-refractivity contribution in [1.29, 1.82) is 0 Å². The van der Waals surface area contributed by atoms with Crippen LogP contribution >= 0.6 is 0 Å². The Bertz CT molecular complexity index is 814. The van der Waals surface area contributed by atoms with Crippen LogP contribution in [0.1, 0.15) is 46.5 Å². The summed E-state index contributed by atoms with van der Waals surface area (Å²) in [5.74, 6) is -1.35. The Morgan fingerprint density at radius 1 is 1.29 bits per heavy atom. The quantitative estimate of drug-likeness (QED) is 0.406. The summed E-state index contributed by atoms with van der Waals surface area (Å²) in [5, 5.41) is 40.6. The summed E-state index contributed by atoms with van der Waals surface area (Å²) in [6.45, 7) is 5.56. The van der Waals surface area contributed by atoms with E-state index in [-0.39, 0.29) is 24.0 Å². The van der Waals surface area contributed by atoms with E-state index in [9.17, 15) is 25.2 Å². The molecule has 5 nitrogen and oxygen atoms in total. The first-order valence-electron chi connectivity index (χ1n) is 10.1. The van der Waals surface area contributed by atoms with Gasteiger partial charge >= 0.3 is 0 Å². The summed E-state index contributed by atoms with van der Waals surface area (Å²) in [7, 11) is 0. The average Bonchev–Trinajstić information content (AvgIpc) is 2.86. The number of allylic oxidation sites excluding steroid dienone is 5. The van der Waals surface area contributed by atoms with Crippen molar-refractivity contribution >= 4 is 5.78 Å². The number of hydrogen-bond donors (Lipinski definition) is 4. The van der Waals surface area contributed by atoms with Gasteiger partial charge in [-0.25, -0.2) is 4.39 Å². The smallest absolute Gasteiger partial charge is 0.211 e. The van der Waals surface area contributed by atoms with E-state index in [2.05, 4.69) is 0 Å². The molecule has 0 radical (unpaired) electrons. The number of carbonyl (C=O) groups excluding carboxylic acids is 1. The maximum absolute atomic E-state index is 16.8. The van der Waals surface area contributed by atoms with Gasteiger partial charge in [0.2, 0.25) is 6.29 Å². The van der Waals surface area contributed by atoms with Crippen molar-refractivity contribution in [1.82, 2.24) is 0 Å². The van der Waals surface area contributed by atoms with Gasteiger partial charge in [0.15, 0.2) is 11.5 Å². The topological polar surface area (TPSA) is 98.0 Å². The molecule has 0 heterocycles. The molecule has 0 spiro atoms. The third-order valence-electron chi connectivity index (χ3n) is 8.27.